The van der Waals surface area contributed by atoms with Gasteiger partial charge in [0.2, 0.25) is 0 Å². The van der Waals surface area contributed by atoms with Crippen LogP contribution in [0.25, 0.3) is 72.7 Å². The standard InChI is InChI=1S/C59H62N3O.Pt/c1-37(2)42-33-48(38(3)4)55(63)50(34-42)56-61-54-47(43-30-44(32-46(31-43)57(5,6)7)51-35-41(28-29-60-51)39-20-15-13-16-21-39)24-19-25-53(54)62(56)52-27-26-45(59(11,12)58(8,9)10)36-49(52)40-22-17-14-18-23-40;/h13-29,31-38,63H,1-12H3;/q-1;/i13D,15D,16D,20D,21D,37D,38D;. The Morgan fingerprint density at radius 1 is 0.656 bits per heavy atom. The van der Waals surface area contributed by atoms with E-state index >= 15 is 0 Å². The molecule has 4 nitrogen and oxygen atoms in total. The Labute approximate surface area is 406 Å². The Balaban J connectivity index is 0.00000741. The summed E-state index contributed by atoms with van der Waals surface area (Å²) in [4.78, 5) is 10.3. The minimum atomic E-state index is -1.22. The maximum Gasteiger partial charge on any atom is 0.148 e. The summed E-state index contributed by atoms with van der Waals surface area (Å²) in [6.07, 6.45) is 1.58. The molecule has 0 unspecified atom stereocenters. The predicted octanol–water partition coefficient (Wildman–Crippen LogP) is 16.1. The van der Waals surface area contributed by atoms with E-state index in [-0.39, 0.29) is 60.7 Å². The molecule has 0 radical (unpaired) electrons. The van der Waals surface area contributed by atoms with Crippen molar-refractivity contribution in [2.75, 3.05) is 0 Å². The number of pyridine rings is 1. The van der Waals surface area contributed by atoms with Crippen LogP contribution in [-0.2, 0) is 31.9 Å². The molecule has 0 saturated carbocycles. The molecule has 330 valence electrons. The molecule has 0 aliphatic carbocycles. The van der Waals surface area contributed by atoms with Crippen LogP contribution in [0.5, 0.6) is 5.75 Å². The Hall–Kier alpha value is -5.57. The molecule has 0 atom stereocenters. The predicted molar refractivity (Wildman–Crippen MR) is 266 cm³/mol. The van der Waals surface area contributed by atoms with Gasteiger partial charge in [0.1, 0.15) is 11.6 Å². The zero-order chi connectivity index (χ0) is 51.2. The van der Waals surface area contributed by atoms with Gasteiger partial charge in [-0.3, -0.25) is 9.55 Å². The minimum absolute atomic E-state index is 0. The Morgan fingerprint density at radius 2 is 1.36 bits per heavy atom. The monoisotopic (exact) mass is 1030 g/mol. The summed E-state index contributed by atoms with van der Waals surface area (Å²) in [5.74, 6) is -1.93. The van der Waals surface area contributed by atoms with Crippen LogP contribution in [0.15, 0.2) is 140 Å². The number of phenols is 1. The third kappa shape index (κ3) is 8.79. The van der Waals surface area contributed by atoms with Gasteiger partial charge in [-0.25, -0.2) is 4.98 Å². The van der Waals surface area contributed by atoms with Crippen LogP contribution >= 0.6 is 0 Å². The van der Waals surface area contributed by atoms with Crippen molar-refractivity contribution in [3.63, 3.8) is 0 Å². The second-order valence-corrected chi connectivity index (χ2v) is 19.7. The molecule has 0 bridgehead atoms. The molecule has 5 heteroatoms. The number of hydrogen-bond donors (Lipinski definition) is 1. The van der Waals surface area contributed by atoms with E-state index in [0.717, 1.165) is 39.0 Å². The maximum absolute atomic E-state index is 12.4. The maximum atomic E-state index is 12.4. The van der Waals surface area contributed by atoms with Gasteiger partial charge in [0.05, 0.1) is 29.1 Å². The molecule has 2 aromatic heterocycles. The van der Waals surface area contributed by atoms with Crippen LogP contribution in [-0.4, -0.2) is 19.6 Å². The van der Waals surface area contributed by atoms with Gasteiger partial charge in [0.15, 0.2) is 0 Å². The Kier molecular flexibility index (Phi) is 10.5. The minimum Gasteiger partial charge on any atom is -0.507 e. The normalized spacial score (nSPS) is 14.2. The Morgan fingerprint density at radius 3 is 2.02 bits per heavy atom. The summed E-state index contributed by atoms with van der Waals surface area (Å²) in [6, 6.07) is 35.9. The van der Waals surface area contributed by atoms with Crippen molar-refractivity contribution in [1.29, 1.82) is 0 Å². The molecule has 8 aromatic rings. The van der Waals surface area contributed by atoms with E-state index in [1.165, 1.54) is 5.56 Å². The van der Waals surface area contributed by atoms with Gasteiger partial charge in [-0.2, -0.15) is 0 Å². The van der Waals surface area contributed by atoms with Crippen LogP contribution in [0, 0.1) is 11.5 Å². The summed E-state index contributed by atoms with van der Waals surface area (Å²) in [7, 11) is 0. The number of aromatic hydroxyl groups is 1. The molecule has 0 spiro atoms. The molecule has 0 fully saturated rings. The van der Waals surface area contributed by atoms with Crippen molar-refractivity contribution in [2.45, 2.75) is 106 Å². The summed E-state index contributed by atoms with van der Waals surface area (Å²) in [5.41, 5.74) is 10.3. The van der Waals surface area contributed by atoms with E-state index in [1.54, 1.807) is 52.1 Å². The quantitative estimate of drug-likeness (QED) is 0.147. The molecule has 8 rings (SSSR count). The number of aromatic nitrogens is 3. The molecular formula is C59H62N3OPt-. The number of benzene rings is 6. The number of fused-ring (bicyclic) bond motifs is 1. The van der Waals surface area contributed by atoms with Crippen LogP contribution in [0.3, 0.4) is 0 Å². The largest absolute Gasteiger partial charge is 0.507 e. The van der Waals surface area contributed by atoms with Crippen molar-refractivity contribution in [3.05, 3.63) is 168 Å². The third-order valence-electron chi connectivity index (χ3n) is 12.9. The first-order valence-corrected chi connectivity index (χ1v) is 21.7. The summed E-state index contributed by atoms with van der Waals surface area (Å²) in [5, 5.41) is 12.4. The summed E-state index contributed by atoms with van der Waals surface area (Å²) in [6.45, 7) is 24.8. The van der Waals surface area contributed by atoms with Gasteiger partial charge < -0.3 is 5.11 Å². The zero-order valence-electron chi connectivity index (χ0n) is 46.0. The van der Waals surface area contributed by atoms with Gasteiger partial charge >= 0.3 is 0 Å². The van der Waals surface area contributed by atoms with Crippen molar-refractivity contribution in [3.8, 4) is 67.5 Å². The summed E-state index contributed by atoms with van der Waals surface area (Å²) >= 11 is 0. The van der Waals surface area contributed by atoms with E-state index < -0.39 is 29.9 Å². The molecule has 6 aromatic carbocycles. The van der Waals surface area contributed by atoms with Crippen LogP contribution in [0.4, 0.5) is 0 Å². The van der Waals surface area contributed by atoms with E-state index in [2.05, 4.69) is 102 Å². The number of imidazole rings is 1. The molecule has 0 saturated heterocycles. The van der Waals surface area contributed by atoms with Gasteiger partial charge in [0, 0.05) is 41.3 Å². The molecular weight excluding hydrogens is 962 g/mol. The van der Waals surface area contributed by atoms with Crippen molar-refractivity contribution < 1.29 is 35.8 Å². The van der Waals surface area contributed by atoms with Crippen molar-refractivity contribution >= 4 is 11.0 Å². The average molecular weight is 1030 g/mol. The SMILES string of the molecule is [2H]c1c([2H])c([2H])c(-c2ccnc(-c3[c-]c(-c4cccc5c4nc(-c4cc(C([2H])(C)C)cc(C([2H])(C)C)c4O)n5-c4ccc(C(C)(C)C(C)(C)C)cc4-c4ccccc4)cc(C(C)(C)C)c3)c2)c([2H])c1[2H].[Pt]. The number of nitrogens with zero attached hydrogens (tertiary/aromatic N) is 3. The fourth-order valence-electron chi connectivity index (χ4n) is 8.03. The number of hydrogen-bond acceptors (Lipinski definition) is 3. The second kappa shape index (κ2) is 17.8. The smallest absolute Gasteiger partial charge is 0.148 e. The first-order valence-electron chi connectivity index (χ1n) is 25.2. The van der Waals surface area contributed by atoms with Gasteiger partial charge in [0.25, 0.3) is 0 Å². The van der Waals surface area contributed by atoms with Gasteiger partial charge in [-0.1, -0.05) is 185 Å². The summed E-state index contributed by atoms with van der Waals surface area (Å²) < 4.78 is 62.8. The number of rotatable bonds is 9. The van der Waals surface area contributed by atoms with Gasteiger partial charge in [-0.05, 0) is 91.7 Å². The van der Waals surface area contributed by atoms with Crippen LogP contribution in [0.1, 0.15) is 127 Å². The molecule has 0 amide bonds. The van der Waals surface area contributed by atoms with E-state index in [0.29, 0.717) is 44.9 Å². The second-order valence-electron chi connectivity index (χ2n) is 19.7. The van der Waals surface area contributed by atoms with E-state index in [1.807, 2.05) is 48.5 Å². The molecule has 0 aliphatic rings. The van der Waals surface area contributed by atoms with Gasteiger partial charge in [-0.15, -0.1) is 29.3 Å². The van der Waals surface area contributed by atoms with Crippen molar-refractivity contribution in [2.24, 2.45) is 5.41 Å². The van der Waals surface area contributed by atoms with Crippen LogP contribution < -0.4 is 0 Å². The average Bonchev–Trinajstić information content (AvgIpc) is 3.68. The topological polar surface area (TPSA) is 50.9 Å². The van der Waals surface area contributed by atoms with Crippen molar-refractivity contribution in [1.82, 2.24) is 14.5 Å². The fraction of sp³-hybridized carbons (Fsp3) is 0.288. The molecule has 64 heavy (non-hydrogen) atoms. The Bertz CT molecular complexity index is 3320. The first-order chi connectivity index (χ1) is 32.5. The molecule has 2 heterocycles. The number of para-hydroxylation sites is 1. The third-order valence-corrected chi connectivity index (χ3v) is 12.9. The zero-order valence-corrected chi connectivity index (χ0v) is 41.3. The molecule has 0 aliphatic heterocycles. The number of phenolic OH excluding ortho intramolecular Hbond substituents is 1. The first kappa shape index (κ1) is 37.8. The fourth-order valence-corrected chi connectivity index (χ4v) is 8.03. The van der Waals surface area contributed by atoms with E-state index in [4.69, 9.17) is 16.8 Å². The van der Waals surface area contributed by atoms with E-state index in [9.17, 15) is 7.85 Å². The molecule has 1 N–H and O–H groups in total. The van der Waals surface area contributed by atoms with Crippen LogP contribution in [0.2, 0.25) is 0 Å².